The number of anilines is 1. The van der Waals surface area contributed by atoms with Crippen molar-refractivity contribution in [3.05, 3.63) is 16.8 Å². The van der Waals surface area contributed by atoms with Gasteiger partial charge in [0.2, 0.25) is 0 Å². The quantitative estimate of drug-likeness (QED) is 0.833. The van der Waals surface area contributed by atoms with Crippen LogP contribution in [0.1, 0.15) is 24.6 Å². The van der Waals surface area contributed by atoms with Gasteiger partial charge >= 0.3 is 0 Å². The first-order valence-corrected chi connectivity index (χ1v) is 5.21. The van der Waals surface area contributed by atoms with E-state index in [1.165, 1.54) is 19.2 Å². The van der Waals surface area contributed by atoms with E-state index in [2.05, 4.69) is 31.0 Å². The van der Waals surface area contributed by atoms with Gasteiger partial charge in [0.15, 0.2) is 5.82 Å². The molecule has 0 atom stereocenters. The number of rotatable bonds is 1. The van der Waals surface area contributed by atoms with Gasteiger partial charge in [0.05, 0.1) is 0 Å². The summed E-state index contributed by atoms with van der Waals surface area (Å²) in [6.45, 7) is 0. The zero-order chi connectivity index (χ0) is 9.71. The third kappa shape index (κ3) is 1.03. The Bertz CT molecular complexity index is 502. The molecule has 0 unspecified atom stereocenters. The molecule has 14 heavy (non-hydrogen) atoms. The van der Waals surface area contributed by atoms with Crippen LogP contribution in [0.2, 0.25) is 0 Å². The molecule has 0 aromatic carbocycles. The Morgan fingerprint density at radius 3 is 3.00 bits per heavy atom. The smallest absolute Gasteiger partial charge is 0.154 e. The van der Waals surface area contributed by atoms with Crippen molar-refractivity contribution in [3.63, 3.8) is 0 Å². The van der Waals surface area contributed by atoms with Crippen LogP contribution in [-0.4, -0.2) is 19.6 Å². The number of hydrogen-bond acceptors (Lipinski definition) is 4. The van der Waals surface area contributed by atoms with E-state index in [4.69, 9.17) is 5.73 Å². The lowest BCUT2D eigenvalue weighted by Crippen LogP contribution is -2.01. The Labute approximate surface area is 88.5 Å². The van der Waals surface area contributed by atoms with Crippen molar-refractivity contribution in [2.24, 2.45) is 0 Å². The van der Waals surface area contributed by atoms with E-state index in [1.54, 1.807) is 4.52 Å². The van der Waals surface area contributed by atoms with Crippen LogP contribution in [0, 0.1) is 0 Å². The van der Waals surface area contributed by atoms with Crippen molar-refractivity contribution < 1.29 is 0 Å². The lowest BCUT2D eigenvalue weighted by molar-refractivity contribution is 0.805. The van der Waals surface area contributed by atoms with Gasteiger partial charge in [0.1, 0.15) is 22.3 Å². The summed E-state index contributed by atoms with van der Waals surface area (Å²) in [5.74, 6) is 2.00. The molecule has 2 heterocycles. The van der Waals surface area contributed by atoms with Crippen LogP contribution >= 0.6 is 15.9 Å². The maximum absolute atomic E-state index is 5.75. The fourth-order valence-corrected chi connectivity index (χ4v) is 2.09. The SMILES string of the molecule is Nc1ncnn2c(C3CC3)nc(Br)c12. The summed E-state index contributed by atoms with van der Waals surface area (Å²) in [7, 11) is 0. The zero-order valence-corrected chi connectivity index (χ0v) is 8.90. The number of nitrogen functional groups attached to an aromatic ring is 1. The van der Waals surface area contributed by atoms with E-state index in [0.29, 0.717) is 11.7 Å². The van der Waals surface area contributed by atoms with Gasteiger partial charge in [0, 0.05) is 5.92 Å². The monoisotopic (exact) mass is 253 g/mol. The van der Waals surface area contributed by atoms with Crippen LogP contribution < -0.4 is 5.73 Å². The number of nitrogens with two attached hydrogens (primary N) is 1. The van der Waals surface area contributed by atoms with Crippen LogP contribution in [0.15, 0.2) is 10.9 Å². The minimum Gasteiger partial charge on any atom is -0.382 e. The summed E-state index contributed by atoms with van der Waals surface area (Å²) >= 11 is 3.37. The van der Waals surface area contributed by atoms with Gasteiger partial charge in [-0.25, -0.2) is 14.5 Å². The highest BCUT2D eigenvalue weighted by atomic mass is 79.9. The third-order valence-electron chi connectivity index (χ3n) is 2.39. The normalized spacial score (nSPS) is 16.4. The summed E-state index contributed by atoms with van der Waals surface area (Å²) in [5, 5.41) is 4.16. The van der Waals surface area contributed by atoms with E-state index in [-0.39, 0.29) is 0 Å². The van der Waals surface area contributed by atoms with Gasteiger partial charge in [0.25, 0.3) is 0 Å². The topological polar surface area (TPSA) is 69.1 Å². The van der Waals surface area contributed by atoms with Crippen molar-refractivity contribution in [1.82, 2.24) is 19.6 Å². The summed E-state index contributed by atoms with van der Waals surface area (Å²) in [6, 6.07) is 0. The minimum absolute atomic E-state index is 0.464. The van der Waals surface area contributed by atoms with Gasteiger partial charge in [-0.2, -0.15) is 5.10 Å². The molecule has 2 N–H and O–H groups in total. The van der Waals surface area contributed by atoms with Crippen LogP contribution in [-0.2, 0) is 0 Å². The average molecular weight is 254 g/mol. The van der Waals surface area contributed by atoms with Crippen molar-refractivity contribution in [3.8, 4) is 0 Å². The second-order valence-electron chi connectivity index (χ2n) is 3.44. The third-order valence-corrected chi connectivity index (χ3v) is 2.94. The lowest BCUT2D eigenvalue weighted by atomic mass is 10.4. The molecular weight excluding hydrogens is 246 g/mol. The first-order valence-electron chi connectivity index (χ1n) is 4.42. The van der Waals surface area contributed by atoms with Crippen molar-refractivity contribution >= 4 is 27.3 Å². The number of fused-ring (bicyclic) bond motifs is 1. The second-order valence-corrected chi connectivity index (χ2v) is 4.19. The second kappa shape index (κ2) is 2.66. The van der Waals surface area contributed by atoms with Gasteiger partial charge < -0.3 is 5.73 Å². The van der Waals surface area contributed by atoms with E-state index in [9.17, 15) is 0 Å². The lowest BCUT2D eigenvalue weighted by Gasteiger charge is -1.97. The van der Waals surface area contributed by atoms with Crippen molar-refractivity contribution in [2.45, 2.75) is 18.8 Å². The average Bonchev–Trinajstić information content (AvgIpc) is 2.93. The molecule has 0 amide bonds. The van der Waals surface area contributed by atoms with Gasteiger partial charge in [-0.15, -0.1) is 0 Å². The fraction of sp³-hybridized carbons (Fsp3) is 0.375. The van der Waals surface area contributed by atoms with Crippen LogP contribution in [0.5, 0.6) is 0 Å². The van der Waals surface area contributed by atoms with Crippen molar-refractivity contribution in [2.75, 3.05) is 5.73 Å². The summed E-state index contributed by atoms with van der Waals surface area (Å²) in [5.41, 5.74) is 6.52. The molecule has 1 aliphatic rings. The fourth-order valence-electron chi connectivity index (χ4n) is 1.54. The Morgan fingerprint density at radius 2 is 2.29 bits per heavy atom. The highest BCUT2D eigenvalue weighted by Gasteiger charge is 2.30. The van der Waals surface area contributed by atoms with Crippen LogP contribution in [0.4, 0.5) is 5.82 Å². The van der Waals surface area contributed by atoms with E-state index in [1.807, 2.05) is 0 Å². The molecule has 1 aliphatic carbocycles. The molecule has 2 aromatic rings. The number of halogens is 1. The summed E-state index contributed by atoms with van der Waals surface area (Å²) in [4.78, 5) is 8.35. The zero-order valence-electron chi connectivity index (χ0n) is 7.31. The molecule has 0 spiro atoms. The van der Waals surface area contributed by atoms with E-state index >= 15 is 0 Å². The number of hydrogen-bond donors (Lipinski definition) is 1. The molecule has 2 aromatic heterocycles. The standard InChI is InChI=1S/C8H8BrN5/c9-6-5-7(10)11-3-12-14(5)8(13-6)4-1-2-4/h3-4H,1-2H2,(H2,10,11,12). The molecule has 0 saturated heterocycles. The predicted molar refractivity (Wildman–Crippen MR) is 54.9 cm³/mol. The Kier molecular flexibility index (Phi) is 1.55. The molecular formula is C8H8BrN5. The summed E-state index contributed by atoms with van der Waals surface area (Å²) in [6.07, 6.45) is 3.84. The highest BCUT2D eigenvalue weighted by molar-refractivity contribution is 9.10. The molecule has 6 heteroatoms. The van der Waals surface area contributed by atoms with E-state index in [0.717, 1.165) is 15.9 Å². The molecule has 3 rings (SSSR count). The number of aromatic nitrogens is 4. The predicted octanol–water partition coefficient (Wildman–Crippen LogP) is 1.35. The number of nitrogens with zero attached hydrogens (tertiary/aromatic N) is 4. The Hall–Kier alpha value is -1.17. The van der Waals surface area contributed by atoms with Crippen molar-refractivity contribution in [1.29, 1.82) is 0 Å². The molecule has 0 aliphatic heterocycles. The van der Waals surface area contributed by atoms with Crippen LogP contribution in [0.3, 0.4) is 0 Å². The molecule has 0 bridgehead atoms. The van der Waals surface area contributed by atoms with Gasteiger partial charge in [-0.1, -0.05) is 0 Å². The Balaban J connectivity index is 2.37. The first-order chi connectivity index (χ1) is 6.77. The molecule has 72 valence electrons. The van der Waals surface area contributed by atoms with E-state index < -0.39 is 0 Å². The van der Waals surface area contributed by atoms with Gasteiger partial charge in [-0.05, 0) is 28.8 Å². The highest BCUT2D eigenvalue weighted by Crippen LogP contribution is 2.40. The maximum Gasteiger partial charge on any atom is 0.154 e. The first kappa shape index (κ1) is 8.16. The molecule has 1 saturated carbocycles. The molecule has 5 nitrogen and oxygen atoms in total. The minimum atomic E-state index is 0.464. The largest absolute Gasteiger partial charge is 0.382 e. The maximum atomic E-state index is 5.75. The Morgan fingerprint density at radius 1 is 1.50 bits per heavy atom. The van der Waals surface area contributed by atoms with Gasteiger partial charge in [-0.3, -0.25) is 0 Å². The van der Waals surface area contributed by atoms with Crippen LogP contribution in [0.25, 0.3) is 5.52 Å². The number of imidazole rings is 1. The molecule has 0 radical (unpaired) electrons. The summed E-state index contributed by atoms with van der Waals surface area (Å²) < 4.78 is 2.52. The molecule has 1 fully saturated rings.